The van der Waals surface area contributed by atoms with E-state index in [1.165, 1.54) is 0 Å². The fraction of sp³-hybridized carbons (Fsp3) is 0.583. The summed E-state index contributed by atoms with van der Waals surface area (Å²) in [7, 11) is 3.52. The number of thioether (sulfide) groups is 1. The lowest BCUT2D eigenvalue weighted by molar-refractivity contribution is -0.125. The van der Waals surface area contributed by atoms with Crippen molar-refractivity contribution < 1.29 is 4.79 Å². The van der Waals surface area contributed by atoms with E-state index in [-0.39, 0.29) is 5.91 Å². The van der Waals surface area contributed by atoms with Gasteiger partial charge in [0, 0.05) is 26.4 Å². The first-order valence-electron chi connectivity index (χ1n) is 5.96. The number of carbonyl (C=O) groups excluding carboxylic acids is 1. The van der Waals surface area contributed by atoms with E-state index in [1.54, 1.807) is 43.2 Å². The van der Waals surface area contributed by atoms with Crippen LogP contribution in [0.2, 0.25) is 0 Å². The Bertz CT molecular complexity index is 367. The molecule has 0 saturated carbocycles. The summed E-state index contributed by atoms with van der Waals surface area (Å²) in [4.78, 5) is 21.5. The number of anilines is 1. The zero-order chi connectivity index (χ0) is 13.4. The van der Waals surface area contributed by atoms with Gasteiger partial charge in [0.1, 0.15) is 5.82 Å². The van der Waals surface area contributed by atoms with Crippen LogP contribution in [-0.2, 0) is 10.5 Å². The molecular weight excluding hydrogens is 248 g/mol. The molecule has 1 heterocycles. The van der Waals surface area contributed by atoms with Crippen molar-refractivity contribution >= 4 is 23.5 Å². The average Bonchev–Trinajstić information content (AvgIpc) is 2.37. The van der Waals surface area contributed by atoms with Gasteiger partial charge in [0.05, 0.1) is 23.8 Å². The Morgan fingerprint density at radius 2 is 2.17 bits per heavy atom. The van der Waals surface area contributed by atoms with Crippen LogP contribution in [0.3, 0.4) is 0 Å². The Balaban J connectivity index is 2.33. The van der Waals surface area contributed by atoms with Gasteiger partial charge < -0.3 is 10.2 Å². The first-order chi connectivity index (χ1) is 8.63. The van der Waals surface area contributed by atoms with Gasteiger partial charge in [0.25, 0.3) is 0 Å². The molecule has 6 heteroatoms. The zero-order valence-electron chi connectivity index (χ0n) is 11.1. The van der Waals surface area contributed by atoms with Gasteiger partial charge >= 0.3 is 0 Å². The maximum Gasteiger partial charge on any atom is 0.232 e. The smallest absolute Gasteiger partial charge is 0.232 e. The van der Waals surface area contributed by atoms with Gasteiger partial charge in [-0.1, -0.05) is 6.92 Å². The van der Waals surface area contributed by atoms with Gasteiger partial charge in [-0.3, -0.25) is 9.78 Å². The number of hydrogen-bond acceptors (Lipinski definition) is 5. The summed E-state index contributed by atoms with van der Waals surface area (Å²) >= 11 is 1.55. The molecule has 5 nitrogen and oxygen atoms in total. The van der Waals surface area contributed by atoms with Crippen molar-refractivity contribution in [3.63, 3.8) is 0 Å². The fourth-order valence-corrected chi connectivity index (χ4v) is 2.04. The largest absolute Gasteiger partial charge is 0.369 e. The van der Waals surface area contributed by atoms with Crippen molar-refractivity contribution in [2.75, 3.05) is 31.7 Å². The third-order valence-electron chi connectivity index (χ3n) is 2.24. The molecule has 0 saturated heterocycles. The molecule has 0 atom stereocenters. The Morgan fingerprint density at radius 3 is 2.72 bits per heavy atom. The van der Waals surface area contributed by atoms with E-state index in [0.29, 0.717) is 11.5 Å². The van der Waals surface area contributed by atoms with Crippen molar-refractivity contribution in [1.82, 2.24) is 14.9 Å². The number of nitrogens with zero attached hydrogens (tertiary/aromatic N) is 3. The fourth-order valence-electron chi connectivity index (χ4n) is 1.15. The topological polar surface area (TPSA) is 58.1 Å². The van der Waals surface area contributed by atoms with E-state index in [2.05, 4.69) is 22.2 Å². The van der Waals surface area contributed by atoms with Crippen molar-refractivity contribution in [1.29, 1.82) is 0 Å². The Hall–Kier alpha value is -1.30. The quantitative estimate of drug-likeness (QED) is 0.814. The van der Waals surface area contributed by atoms with Crippen molar-refractivity contribution in [2.45, 2.75) is 19.1 Å². The van der Waals surface area contributed by atoms with Gasteiger partial charge in [0.15, 0.2) is 0 Å². The third kappa shape index (κ3) is 5.35. The molecule has 0 aliphatic heterocycles. The van der Waals surface area contributed by atoms with E-state index < -0.39 is 0 Å². The molecule has 1 amide bonds. The van der Waals surface area contributed by atoms with Crippen LogP contribution in [-0.4, -0.2) is 47.2 Å². The Kier molecular flexibility index (Phi) is 6.49. The van der Waals surface area contributed by atoms with Crippen LogP contribution in [0.1, 0.15) is 19.0 Å². The zero-order valence-corrected chi connectivity index (χ0v) is 12.0. The molecule has 18 heavy (non-hydrogen) atoms. The lowest BCUT2D eigenvalue weighted by Gasteiger charge is -2.09. The molecule has 0 fully saturated rings. The van der Waals surface area contributed by atoms with Crippen LogP contribution in [0.5, 0.6) is 0 Å². The minimum atomic E-state index is 0.120. The lowest BCUT2D eigenvalue weighted by Crippen LogP contribution is -2.23. The Labute approximate surface area is 112 Å². The second-order valence-corrected chi connectivity index (χ2v) is 5.09. The highest BCUT2D eigenvalue weighted by Gasteiger charge is 2.04. The third-order valence-corrected chi connectivity index (χ3v) is 3.19. The molecule has 1 aromatic heterocycles. The highest BCUT2D eigenvalue weighted by molar-refractivity contribution is 7.99. The van der Waals surface area contributed by atoms with Gasteiger partial charge in [-0.25, -0.2) is 4.98 Å². The molecule has 1 rings (SSSR count). The van der Waals surface area contributed by atoms with Crippen LogP contribution in [0.4, 0.5) is 5.82 Å². The number of carbonyl (C=O) groups is 1. The van der Waals surface area contributed by atoms with Gasteiger partial charge in [-0.2, -0.15) is 0 Å². The predicted octanol–water partition coefficient (Wildman–Crippen LogP) is 1.62. The molecule has 0 bridgehead atoms. The number of amides is 1. The van der Waals surface area contributed by atoms with Crippen LogP contribution >= 0.6 is 11.8 Å². The molecule has 0 radical (unpaired) electrons. The maximum absolute atomic E-state index is 11.4. The average molecular weight is 268 g/mol. The number of nitrogens with one attached hydrogen (secondary N) is 1. The number of rotatable bonds is 7. The molecule has 0 aromatic carbocycles. The summed E-state index contributed by atoms with van der Waals surface area (Å²) in [5.41, 5.74) is 0.897. The normalized spacial score (nSPS) is 10.2. The summed E-state index contributed by atoms with van der Waals surface area (Å²) in [6.45, 7) is 3.01. The van der Waals surface area contributed by atoms with Crippen molar-refractivity contribution in [3.8, 4) is 0 Å². The minimum absolute atomic E-state index is 0.120. The molecule has 1 aromatic rings. The van der Waals surface area contributed by atoms with E-state index in [9.17, 15) is 4.79 Å². The second-order valence-electron chi connectivity index (χ2n) is 4.10. The highest BCUT2D eigenvalue weighted by Crippen LogP contribution is 2.10. The molecule has 100 valence electrons. The predicted molar refractivity (Wildman–Crippen MR) is 75.7 cm³/mol. The first kappa shape index (κ1) is 14.8. The first-order valence-corrected chi connectivity index (χ1v) is 7.11. The summed E-state index contributed by atoms with van der Waals surface area (Å²) in [6.07, 6.45) is 4.55. The summed E-state index contributed by atoms with van der Waals surface area (Å²) in [6, 6.07) is 0. The van der Waals surface area contributed by atoms with E-state index in [0.717, 1.165) is 24.5 Å². The maximum atomic E-state index is 11.4. The molecule has 0 unspecified atom stereocenters. The van der Waals surface area contributed by atoms with Crippen LogP contribution in [0.15, 0.2) is 12.4 Å². The van der Waals surface area contributed by atoms with Gasteiger partial charge in [-0.05, 0) is 6.42 Å². The molecular formula is C12H20N4OS. The minimum Gasteiger partial charge on any atom is -0.369 e. The Morgan fingerprint density at radius 1 is 1.39 bits per heavy atom. The van der Waals surface area contributed by atoms with Gasteiger partial charge in [0.2, 0.25) is 5.91 Å². The van der Waals surface area contributed by atoms with Crippen LogP contribution in [0.25, 0.3) is 0 Å². The van der Waals surface area contributed by atoms with Crippen LogP contribution < -0.4 is 5.32 Å². The molecule has 0 aliphatic rings. The second kappa shape index (κ2) is 7.92. The lowest BCUT2D eigenvalue weighted by atomic mass is 10.4. The summed E-state index contributed by atoms with van der Waals surface area (Å²) < 4.78 is 0. The van der Waals surface area contributed by atoms with Crippen molar-refractivity contribution in [3.05, 3.63) is 18.1 Å². The van der Waals surface area contributed by atoms with Crippen molar-refractivity contribution in [2.24, 2.45) is 0 Å². The SMILES string of the molecule is CCCNc1cnc(CSCC(=O)N(C)C)cn1. The standard InChI is InChI=1S/C12H20N4OS/c1-4-5-13-11-7-14-10(6-15-11)8-18-9-12(17)16(2)3/h6-7H,4-5,8-9H2,1-3H3,(H,13,15). The number of aromatic nitrogens is 2. The molecule has 1 N–H and O–H groups in total. The molecule has 0 spiro atoms. The summed E-state index contributed by atoms with van der Waals surface area (Å²) in [5.74, 6) is 2.11. The highest BCUT2D eigenvalue weighted by atomic mass is 32.2. The monoisotopic (exact) mass is 268 g/mol. The van der Waals surface area contributed by atoms with E-state index in [4.69, 9.17) is 0 Å². The summed E-state index contributed by atoms with van der Waals surface area (Å²) in [5, 5.41) is 3.17. The van der Waals surface area contributed by atoms with E-state index >= 15 is 0 Å². The van der Waals surface area contributed by atoms with E-state index in [1.807, 2.05) is 0 Å². The van der Waals surface area contributed by atoms with Gasteiger partial charge in [-0.15, -0.1) is 11.8 Å². The molecule has 0 aliphatic carbocycles. The number of hydrogen-bond donors (Lipinski definition) is 1. The van der Waals surface area contributed by atoms with Crippen LogP contribution in [0, 0.1) is 0 Å².